The molecule has 0 saturated carbocycles. The van der Waals surface area contributed by atoms with E-state index in [1.807, 2.05) is 0 Å². The van der Waals surface area contributed by atoms with Crippen LogP contribution in [0, 0.1) is 22.3 Å². The van der Waals surface area contributed by atoms with Gasteiger partial charge in [-0.3, -0.25) is 0 Å². The molecule has 0 aromatic carbocycles. The van der Waals surface area contributed by atoms with Crippen LogP contribution in [-0.4, -0.2) is 0 Å². The second kappa shape index (κ2) is 56.3. The Bertz CT molecular complexity index is 3.25. The first kappa shape index (κ1) is 135. The molecule has 0 aliphatic carbocycles. The molecule has 33 valence electrons. The quantitative estimate of drug-likeness (QED) is 0.558. The summed E-state index contributed by atoms with van der Waals surface area (Å²) in [6.45, 7) is 0. The Kier molecular flexibility index (Phi) is 1890. The van der Waals surface area contributed by atoms with Crippen LogP contribution in [0.5, 0.6) is 0 Å². The van der Waals surface area contributed by atoms with Gasteiger partial charge in [0.15, 0.2) is 0 Å². The third-order valence-corrected chi connectivity index (χ3v) is 0. The van der Waals surface area contributed by atoms with E-state index in [0.29, 0.717) is 0 Å². The van der Waals surface area contributed by atoms with Crippen molar-refractivity contribution in [2.75, 3.05) is 0 Å². The zero-order chi connectivity index (χ0) is 0. The molecule has 1 radical (unpaired) electrons. The average molecular weight is 239 g/mol. The molecule has 0 aromatic rings. The average Bonchev–Trinajstić information content (AvgIpc) is 0. The Morgan fingerprint density at radius 2 is 0.750 bits per heavy atom. The van der Waals surface area contributed by atoms with Gasteiger partial charge in [0.05, 0.1) is 0 Å². The summed E-state index contributed by atoms with van der Waals surface area (Å²) >= 11 is 0. The van der Waals surface area contributed by atoms with Crippen molar-refractivity contribution < 1.29 is 21.1 Å². The third-order valence-electron chi connectivity index (χ3n) is 0. The molecule has 0 atom stereocenters. The van der Waals surface area contributed by atoms with E-state index in [9.17, 15) is 0 Å². The van der Waals surface area contributed by atoms with Gasteiger partial charge in [0.25, 0.3) is 0 Å². The maximum absolute atomic E-state index is 0. The Morgan fingerprint density at radius 1 is 0.750 bits per heavy atom. The fourth-order valence-electron chi connectivity index (χ4n) is 0. The molecule has 0 saturated heterocycles. The molecule has 0 unspecified atom stereocenters. The maximum atomic E-state index is 0. The van der Waals surface area contributed by atoms with Gasteiger partial charge in [0, 0.05) is 21.1 Å². The first-order valence-corrected chi connectivity index (χ1v) is 0. The molecule has 0 spiro atoms. The van der Waals surface area contributed by atoms with E-state index in [1.165, 1.54) is 0 Å². The van der Waals surface area contributed by atoms with Crippen molar-refractivity contribution in [1.82, 2.24) is 0 Å². The summed E-state index contributed by atoms with van der Waals surface area (Å²) in [5.41, 5.74) is 0. The van der Waals surface area contributed by atoms with Crippen LogP contribution in [0.3, 0.4) is 0 Å². The third kappa shape index (κ3) is 16.2. The number of hydrogen-bond acceptors (Lipinski definition) is 0. The van der Waals surface area contributed by atoms with Crippen LogP contribution in [0.25, 0.3) is 0 Å². The molecule has 0 heterocycles. The van der Waals surface area contributed by atoms with E-state index in [0.717, 1.165) is 0 Å². The molecule has 0 bridgehead atoms. The van der Waals surface area contributed by atoms with Crippen molar-refractivity contribution in [2.45, 2.75) is 0 Å². The minimum atomic E-state index is 0. The summed E-state index contributed by atoms with van der Waals surface area (Å²) in [5.74, 6) is 0. The first-order chi connectivity index (χ1) is 0. The minimum absolute atomic E-state index is 0. The molecule has 0 aliphatic heterocycles. The van der Waals surface area contributed by atoms with Gasteiger partial charge in [-0.25, -0.2) is 0 Å². The molecule has 0 N–H and O–H groups in total. The Morgan fingerprint density at radius 3 is 0.750 bits per heavy atom. The first-order valence-electron chi connectivity index (χ1n) is 0. The Balaban J connectivity index is 0. The monoisotopic (exact) mass is 239 g/mol. The largest absolute Gasteiger partial charge is 0.512 e. The molecule has 1 heteroatoms. The zero-order valence-electron chi connectivity index (χ0n) is 3.02. The second-order valence-electron chi connectivity index (χ2n) is 0. The van der Waals surface area contributed by atoms with E-state index in [-0.39, 0.29) is 43.3 Å². The van der Waals surface area contributed by atoms with Crippen molar-refractivity contribution in [1.29, 1.82) is 0 Å². The van der Waals surface area contributed by atoms with Gasteiger partial charge in [-0.1, -0.05) is 0 Å². The van der Waals surface area contributed by atoms with E-state index in [2.05, 4.69) is 0 Å². The topological polar surface area (TPSA) is 0 Å². The van der Waals surface area contributed by atoms with Gasteiger partial charge in [0.1, 0.15) is 0 Å². The van der Waals surface area contributed by atoms with Crippen LogP contribution >= 0.6 is 0 Å². The van der Waals surface area contributed by atoms with Crippen LogP contribution in [0.15, 0.2) is 0 Å². The number of rotatable bonds is 0. The van der Waals surface area contributed by atoms with E-state index >= 15 is 0 Å². The van der Waals surface area contributed by atoms with Crippen molar-refractivity contribution in [3.63, 3.8) is 0 Å². The van der Waals surface area contributed by atoms with Crippen LogP contribution in [0.2, 0.25) is 0 Å². The normalized spacial score (nSPS) is 0. The molecule has 0 fully saturated rings. The molecule has 0 aromatic heterocycles. The van der Waals surface area contributed by atoms with Crippen molar-refractivity contribution in [2.24, 2.45) is 0 Å². The summed E-state index contributed by atoms with van der Waals surface area (Å²) in [7, 11) is 0. The Labute approximate surface area is 43.9 Å². The van der Waals surface area contributed by atoms with Crippen molar-refractivity contribution in [3.8, 4) is 0 Å². The van der Waals surface area contributed by atoms with Crippen LogP contribution in [0.4, 0.5) is 0 Å². The summed E-state index contributed by atoms with van der Waals surface area (Å²) < 4.78 is 0. The number of hydrogen-bond donors (Lipinski definition) is 0. The molecule has 0 rings (SSSR count). The van der Waals surface area contributed by atoms with Gasteiger partial charge in [-0.05, 0) is 0 Å². The fraction of sp³-hybridized carbons (Fsp3) is 0. The van der Waals surface area contributed by atoms with Crippen LogP contribution in [-0.2, 0) is 21.1 Å². The van der Waals surface area contributed by atoms with Gasteiger partial charge >= 0.3 is 0 Å². The summed E-state index contributed by atoms with van der Waals surface area (Å²) in [6.07, 6.45) is 0. The van der Waals surface area contributed by atoms with E-state index in [4.69, 9.17) is 0 Å². The van der Waals surface area contributed by atoms with Gasteiger partial charge in [-0.15, -0.1) is 0 Å². The van der Waals surface area contributed by atoms with Gasteiger partial charge in [0.2, 0.25) is 0 Å². The second-order valence-corrected chi connectivity index (χ2v) is 0. The standard InChI is InChI=1S/2CH3.CH2.Pt/h2*1H3;1H2;/q3*-1;. The van der Waals surface area contributed by atoms with Crippen LogP contribution in [0.1, 0.15) is 0 Å². The fourth-order valence-corrected chi connectivity index (χ4v) is 0. The Hall–Kier alpha value is 0.688. The SMILES string of the molecule is [CH2-].[CH3-].[CH3-].[Pt]. The molecule has 0 aliphatic rings. The molecule has 0 amide bonds. The minimum Gasteiger partial charge on any atom is -0.512 e. The summed E-state index contributed by atoms with van der Waals surface area (Å²) in [4.78, 5) is 0. The summed E-state index contributed by atoms with van der Waals surface area (Å²) in [5, 5.41) is 0. The molecule has 4 heavy (non-hydrogen) atoms. The zero-order valence-corrected chi connectivity index (χ0v) is 5.30. The summed E-state index contributed by atoms with van der Waals surface area (Å²) in [6, 6.07) is 0. The smallest absolute Gasteiger partial charge is 0 e. The van der Waals surface area contributed by atoms with Crippen LogP contribution < -0.4 is 0 Å². The van der Waals surface area contributed by atoms with E-state index < -0.39 is 0 Å². The van der Waals surface area contributed by atoms with Gasteiger partial charge in [-0.2, -0.15) is 0 Å². The van der Waals surface area contributed by atoms with Crippen molar-refractivity contribution in [3.05, 3.63) is 22.3 Å². The predicted octanol–water partition coefficient (Wildman–Crippen LogP) is 1.23. The molecular formula is C3H8Pt-3. The van der Waals surface area contributed by atoms with Gasteiger partial charge < -0.3 is 22.3 Å². The maximum Gasteiger partial charge on any atom is 0 e. The van der Waals surface area contributed by atoms with Crippen molar-refractivity contribution >= 4 is 0 Å². The molecule has 0 nitrogen and oxygen atoms in total. The van der Waals surface area contributed by atoms with E-state index in [1.54, 1.807) is 0 Å². The predicted molar refractivity (Wildman–Crippen MR) is 18.2 cm³/mol. The molecular weight excluding hydrogens is 231 g/mol.